The first kappa shape index (κ1) is 13.3. The van der Waals surface area contributed by atoms with Gasteiger partial charge in [0.1, 0.15) is 0 Å². The number of thiophene rings is 1. The van der Waals surface area contributed by atoms with Crippen LogP contribution in [-0.4, -0.2) is 23.3 Å². The molecule has 0 aliphatic heterocycles. The topological polar surface area (TPSA) is 51.0 Å². The highest BCUT2D eigenvalue weighted by Gasteiger charge is 2.12. The molecule has 0 atom stereocenters. The Labute approximate surface area is 121 Å². The molecule has 0 aliphatic carbocycles. The van der Waals surface area contributed by atoms with Crippen LogP contribution in [0, 0.1) is 0 Å². The quantitative estimate of drug-likeness (QED) is 0.705. The summed E-state index contributed by atoms with van der Waals surface area (Å²) in [6.07, 6.45) is 1.91. The number of nitrogens with one attached hydrogen (secondary N) is 1. The molecule has 0 saturated heterocycles. The van der Waals surface area contributed by atoms with E-state index in [0.717, 1.165) is 31.5 Å². The Hall–Kier alpha value is -1.72. The van der Waals surface area contributed by atoms with Crippen LogP contribution in [0.3, 0.4) is 0 Å². The highest BCUT2D eigenvalue weighted by Crippen LogP contribution is 2.32. The van der Waals surface area contributed by atoms with Gasteiger partial charge >= 0.3 is 0 Å². The summed E-state index contributed by atoms with van der Waals surface area (Å²) in [6.45, 7) is 4.05. The Kier molecular flexibility index (Phi) is 4.08. The smallest absolute Gasteiger partial charge is 0.249 e. The molecule has 0 saturated carbocycles. The molecule has 104 valence electrons. The van der Waals surface area contributed by atoms with Gasteiger partial charge in [-0.3, -0.25) is 0 Å². The number of hydrogen-bond donors (Lipinski definition) is 1. The van der Waals surface area contributed by atoms with E-state index in [1.807, 2.05) is 12.1 Å². The van der Waals surface area contributed by atoms with Crippen molar-refractivity contribution in [3.63, 3.8) is 0 Å². The molecule has 5 heteroatoms. The Bertz CT molecular complexity index is 689. The predicted octanol–water partition coefficient (Wildman–Crippen LogP) is 3.49. The second-order valence-electron chi connectivity index (χ2n) is 4.65. The van der Waals surface area contributed by atoms with E-state index < -0.39 is 0 Å². The standard InChI is InChI=1S/C15H17N3OS/c1-2-8-16-9-7-14-17-18-15(19-14)12-10-20-13-6-4-3-5-11(12)13/h3-6,10,16H,2,7-9H2,1H3. The third-order valence-corrected chi connectivity index (χ3v) is 4.08. The lowest BCUT2D eigenvalue weighted by molar-refractivity contribution is 0.495. The van der Waals surface area contributed by atoms with Gasteiger partial charge in [-0.25, -0.2) is 0 Å². The van der Waals surface area contributed by atoms with Crippen LogP contribution in [0.5, 0.6) is 0 Å². The summed E-state index contributed by atoms with van der Waals surface area (Å²) in [6, 6.07) is 8.27. The zero-order chi connectivity index (χ0) is 13.8. The summed E-state index contributed by atoms with van der Waals surface area (Å²) >= 11 is 1.70. The Balaban J connectivity index is 1.76. The molecule has 2 aromatic heterocycles. The van der Waals surface area contributed by atoms with Crippen LogP contribution in [0.25, 0.3) is 21.5 Å². The highest BCUT2D eigenvalue weighted by molar-refractivity contribution is 7.17. The summed E-state index contributed by atoms with van der Waals surface area (Å²) in [4.78, 5) is 0. The Morgan fingerprint density at radius 3 is 3.00 bits per heavy atom. The van der Waals surface area contributed by atoms with E-state index in [9.17, 15) is 0 Å². The number of hydrogen-bond acceptors (Lipinski definition) is 5. The fourth-order valence-electron chi connectivity index (χ4n) is 2.10. The molecule has 2 heterocycles. The lowest BCUT2D eigenvalue weighted by atomic mass is 10.2. The van der Waals surface area contributed by atoms with Crippen molar-refractivity contribution in [2.45, 2.75) is 19.8 Å². The molecule has 3 aromatic rings. The van der Waals surface area contributed by atoms with E-state index in [1.165, 1.54) is 10.1 Å². The number of nitrogens with zero attached hydrogens (tertiary/aromatic N) is 2. The van der Waals surface area contributed by atoms with Gasteiger partial charge in [0.25, 0.3) is 0 Å². The molecule has 1 aromatic carbocycles. The SMILES string of the molecule is CCCNCCc1nnc(-c2csc3ccccc23)o1. The first-order chi connectivity index (χ1) is 9.88. The molecule has 4 nitrogen and oxygen atoms in total. The van der Waals surface area contributed by atoms with Crippen LogP contribution in [0.15, 0.2) is 34.1 Å². The Morgan fingerprint density at radius 1 is 1.20 bits per heavy atom. The highest BCUT2D eigenvalue weighted by atomic mass is 32.1. The van der Waals surface area contributed by atoms with E-state index in [1.54, 1.807) is 11.3 Å². The van der Waals surface area contributed by atoms with Crippen molar-refractivity contribution in [3.8, 4) is 11.5 Å². The van der Waals surface area contributed by atoms with Crippen LogP contribution in [0.2, 0.25) is 0 Å². The zero-order valence-corrected chi connectivity index (χ0v) is 12.2. The average Bonchev–Trinajstić information content (AvgIpc) is 3.10. The van der Waals surface area contributed by atoms with E-state index in [2.05, 4.69) is 40.0 Å². The minimum atomic E-state index is 0.618. The van der Waals surface area contributed by atoms with Gasteiger partial charge in [0.15, 0.2) is 0 Å². The third kappa shape index (κ3) is 2.73. The first-order valence-electron chi connectivity index (χ1n) is 6.88. The lowest BCUT2D eigenvalue weighted by Gasteiger charge is -1.98. The molecule has 1 N–H and O–H groups in total. The van der Waals surface area contributed by atoms with E-state index in [-0.39, 0.29) is 0 Å². The van der Waals surface area contributed by atoms with Gasteiger partial charge in [-0.2, -0.15) is 0 Å². The molecule has 0 fully saturated rings. The minimum Gasteiger partial charge on any atom is -0.421 e. The first-order valence-corrected chi connectivity index (χ1v) is 7.76. The second-order valence-corrected chi connectivity index (χ2v) is 5.56. The molecule has 0 amide bonds. The van der Waals surface area contributed by atoms with Gasteiger partial charge in [-0.1, -0.05) is 25.1 Å². The fraction of sp³-hybridized carbons (Fsp3) is 0.333. The summed E-state index contributed by atoms with van der Waals surface area (Å²) in [5.74, 6) is 1.31. The van der Waals surface area contributed by atoms with Crippen LogP contribution < -0.4 is 5.32 Å². The predicted molar refractivity (Wildman–Crippen MR) is 82.0 cm³/mol. The lowest BCUT2D eigenvalue weighted by Crippen LogP contribution is -2.17. The van der Waals surface area contributed by atoms with Crippen LogP contribution in [0.4, 0.5) is 0 Å². The summed E-state index contributed by atoms with van der Waals surface area (Å²) in [5, 5.41) is 14.9. The van der Waals surface area contributed by atoms with Gasteiger partial charge < -0.3 is 9.73 Å². The molecule has 0 bridgehead atoms. The molecule has 0 aliphatic rings. The monoisotopic (exact) mass is 287 g/mol. The maximum atomic E-state index is 5.76. The van der Waals surface area contributed by atoms with Gasteiger partial charge in [-0.05, 0) is 19.0 Å². The largest absolute Gasteiger partial charge is 0.421 e. The molecule has 20 heavy (non-hydrogen) atoms. The average molecular weight is 287 g/mol. The summed E-state index contributed by atoms with van der Waals surface area (Å²) in [7, 11) is 0. The molecule has 0 radical (unpaired) electrons. The Morgan fingerprint density at radius 2 is 2.10 bits per heavy atom. The van der Waals surface area contributed by atoms with E-state index >= 15 is 0 Å². The number of benzene rings is 1. The van der Waals surface area contributed by atoms with E-state index in [4.69, 9.17) is 4.42 Å². The molecule has 3 rings (SSSR count). The van der Waals surface area contributed by atoms with Crippen molar-refractivity contribution in [1.82, 2.24) is 15.5 Å². The van der Waals surface area contributed by atoms with Gasteiger partial charge in [0, 0.05) is 28.4 Å². The normalized spacial score (nSPS) is 11.2. The maximum Gasteiger partial charge on any atom is 0.249 e. The minimum absolute atomic E-state index is 0.618. The molecular formula is C15H17N3OS. The van der Waals surface area contributed by atoms with Crippen molar-refractivity contribution in [2.24, 2.45) is 0 Å². The third-order valence-electron chi connectivity index (χ3n) is 3.12. The molecule has 0 unspecified atom stereocenters. The van der Waals surface area contributed by atoms with Gasteiger partial charge in [0.2, 0.25) is 11.8 Å². The van der Waals surface area contributed by atoms with Crippen molar-refractivity contribution in [2.75, 3.05) is 13.1 Å². The number of rotatable bonds is 6. The van der Waals surface area contributed by atoms with Crippen molar-refractivity contribution in [3.05, 3.63) is 35.5 Å². The van der Waals surface area contributed by atoms with E-state index in [0.29, 0.717) is 11.8 Å². The summed E-state index contributed by atoms with van der Waals surface area (Å²) < 4.78 is 7.00. The summed E-state index contributed by atoms with van der Waals surface area (Å²) in [5.41, 5.74) is 1.03. The molecule has 0 spiro atoms. The van der Waals surface area contributed by atoms with Crippen molar-refractivity contribution in [1.29, 1.82) is 0 Å². The second kappa shape index (κ2) is 6.15. The van der Waals surface area contributed by atoms with Crippen LogP contribution >= 0.6 is 11.3 Å². The van der Waals surface area contributed by atoms with Crippen molar-refractivity contribution >= 4 is 21.4 Å². The molecular weight excluding hydrogens is 270 g/mol. The van der Waals surface area contributed by atoms with Gasteiger partial charge in [-0.15, -0.1) is 21.5 Å². The van der Waals surface area contributed by atoms with Crippen LogP contribution in [0.1, 0.15) is 19.2 Å². The number of aromatic nitrogens is 2. The fourth-order valence-corrected chi connectivity index (χ4v) is 3.04. The zero-order valence-electron chi connectivity index (χ0n) is 11.4. The van der Waals surface area contributed by atoms with Crippen molar-refractivity contribution < 1.29 is 4.42 Å². The number of fused-ring (bicyclic) bond motifs is 1. The van der Waals surface area contributed by atoms with Gasteiger partial charge in [0.05, 0.1) is 5.56 Å². The maximum absolute atomic E-state index is 5.76. The van der Waals surface area contributed by atoms with Crippen LogP contribution in [-0.2, 0) is 6.42 Å².